The van der Waals surface area contributed by atoms with Gasteiger partial charge in [-0.25, -0.2) is 4.79 Å². The maximum atomic E-state index is 13.8. The number of anilines is 2. The molecule has 0 unspecified atom stereocenters. The molecule has 2 fully saturated rings. The molecule has 2 saturated heterocycles. The van der Waals surface area contributed by atoms with Crippen molar-refractivity contribution in [1.82, 2.24) is 9.80 Å². The van der Waals surface area contributed by atoms with Crippen LogP contribution in [-0.4, -0.2) is 79.4 Å². The molecule has 0 saturated carbocycles. The van der Waals surface area contributed by atoms with Crippen LogP contribution in [0.15, 0.2) is 42.5 Å². The lowest BCUT2D eigenvalue weighted by Gasteiger charge is -2.56. The van der Waals surface area contributed by atoms with Gasteiger partial charge in [0.1, 0.15) is 5.75 Å². The van der Waals surface area contributed by atoms with Gasteiger partial charge in [-0.15, -0.1) is 0 Å². The second kappa shape index (κ2) is 7.97. The minimum absolute atomic E-state index is 0.0371. The van der Waals surface area contributed by atoms with E-state index < -0.39 is 34.2 Å². The normalized spacial score (nSPS) is 21.2. The zero-order valence-corrected chi connectivity index (χ0v) is 19.6. The van der Waals surface area contributed by atoms with Gasteiger partial charge in [-0.05, 0) is 23.8 Å². The van der Waals surface area contributed by atoms with Gasteiger partial charge in [-0.3, -0.25) is 29.5 Å². The van der Waals surface area contributed by atoms with Crippen LogP contribution in [-0.2, 0) is 16.0 Å². The van der Waals surface area contributed by atoms with E-state index in [1.165, 1.54) is 26.2 Å². The van der Waals surface area contributed by atoms with Gasteiger partial charge >= 0.3 is 6.03 Å². The molecule has 4 amide bonds. The Kier molecular flexibility index (Phi) is 5.15. The summed E-state index contributed by atoms with van der Waals surface area (Å²) in [6.45, 7) is 1.37. The number of methoxy groups -OCH3 is 1. The van der Waals surface area contributed by atoms with Gasteiger partial charge in [0, 0.05) is 58.0 Å². The first-order chi connectivity index (χ1) is 16.7. The molecule has 3 aliphatic heterocycles. The van der Waals surface area contributed by atoms with Crippen LogP contribution in [0.4, 0.5) is 21.9 Å². The molecule has 0 aromatic heterocycles. The van der Waals surface area contributed by atoms with E-state index in [0.717, 1.165) is 21.2 Å². The van der Waals surface area contributed by atoms with Gasteiger partial charge in [0.2, 0.25) is 11.8 Å². The summed E-state index contributed by atoms with van der Waals surface area (Å²) in [4.78, 5) is 57.1. The summed E-state index contributed by atoms with van der Waals surface area (Å²) < 4.78 is 5.54. The summed E-state index contributed by atoms with van der Waals surface area (Å²) in [5.41, 5.74) is 0.416. The fraction of sp³-hybridized carbons (Fsp3) is 0.375. The second-order valence-corrected chi connectivity index (χ2v) is 9.06. The molecule has 1 atom stereocenters. The van der Waals surface area contributed by atoms with E-state index in [1.807, 2.05) is 29.2 Å². The number of carbonyl (C=O) groups excluding carboxylic acids is 3. The highest BCUT2D eigenvalue weighted by Gasteiger charge is 2.64. The number of piperazine rings is 1. The maximum Gasteiger partial charge on any atom is 0.332 e. The number of fused-ring (bicyclic) bond motifs is 4. The van der Waals surface area contributed by atoms with E-state index in [4.69, 9.17) is 4.74 Å². The number of urea groups is 1. The van der Waals surface area contributed by atoms with Crippen molar-refractivity contribution in [2.45, 2.75) is 12.5 Å². The van der Waals surface area contributed by atoms with E-state index in [1.54, 1.807) is 13.2 Å². The summed E-state index contributed by atoms with van der Waals surface area (Å²) in [5.74, 6) is -0.521. The van der Waals surface area contributed by atoms with Crippen molar-refractivity contribution in [1.29, 1.82) is 0 Å². The van der Waals surface area contributed by atoms with Crippen LogP contribution in [0, 0.1) is 15.5 Å². The van der Waals surface area contributed by atoms with E-state index in [0.29, 0.717) is 30.9 Å². The lowest BCUT2D eigenvalue weighted by atomic mass is 9.67. The van der Waals surface area contributed by atoms with Crippen molar-refractivity contribution in [3.63, 3.8) is 0 Å². The predicted molar refractivity (Wildman–Crippen MR) is 127 cm³/mol. The Morgan fingerprint density at radius 2 is 1.69 bits per heavy atom. The molecule has 0 radical (unpaired) electrons. The zero-order chi connectivity index (χ0) is 25.1. The highest BCUT2D eigenvalue weighted by Crippen LogP contribution is 2.48. The maximum absolute atomic E-state index is 13.8. The number of barbiturate groups is 1. The Morgan fingerprint density at radius 3 is 2.34 bits per heavy atom. The number of amides is 4. The van der Waals surface area contributed by atoms with Crippen LogP contribution in [0.3, 0.4) is 0 Å². The van der Waals surface area contributed by atoms with E-state index >= 15 is 0 Å². The van der Waals surface area contributed by atoms with Gasteiger partial charge in [0.05, 0.1) is 23.8 Å². The topological polar surface area (TPSA) is 117 Å². The zero-order valence-electron chi connectivity index (χ0n) is 19.6. The Labute approximate surface area is 201 Å². The van der Waals surface area contributed by atoms with Crippen LogP contribution < -0.4 is 14.5 Å². The summed E-state index contributed by atoms with van der Waals surface area (Å²) in [5, 5.41) is 11.5. The molecule has 35 heavy (non-hydrogen) atoms. The molecule has 0 aliphatic carbocycles. The van der Waals surface area contributed by atoms with Crippen molar-refractivity contribution >= 4 is 34.9 Å². The van der Waals surface area contributed by atoms with Gasteiger partial charge < -0.3 is 14.5 Å². The van der Waals surface area contributed by atoms with Gasteiger partial charge in [0.15, 0.2) is 5.41 Å². The molecule has 3 heterocycles. The largest absolute Gasteiger partial charge is 0.495 e. The van der Waals surface area contributed by atoms with Crippen molar-refractivity contribution in [2.24, 2.45) is 5.41 Å². The highest BCUT2D eigenvalue weighted by atomic mass is 16.6. The van der Waals surface area contributed by atoms with Gasteiger partial charge in [0.25, 0.3) is 5.69 Å². The number of ether oxygens (including phenoxy) is 1. The minimum Gasteiger partial charge on any atom is -0.495 e. The monoisotopic (exact) mass is 479 g/mol. The van der Waals surface area contributed by atoms with Crippen LogP contribution in [0.2, 0.25) is 0 Å². The first kappa shape index (κ1) is 22.6. The number of nitro benzene ring substituents is 1. The Bertz CT molecular complexity index is 1240. The number of nitrogens with zero attached hydrogens (tertiary/aromatic N) is 5. The molecule has 3 aliphatic rings. The third kappa shape index (κ3) is 3.14. The number of imide groups is 2. The molecule has 0 N–H and O–H groups in total. The molecule has 2 aromatic rings. The molecule has 2 aromatic carbocycles. The number of hydrogen-bond donors (Lipinski definition) is 0. The molecule has 5 rings (SSSR count). The van der Waals surface area contributed by atoms with E-state index in [9.17, 15) is 24.5 Å². The number of benzene rings is 2. The van der Waals surface area contributed by atoms with Crippen molar-refractivity contribution in [2.75, 3.05) is 50.6 Å². The lowest BCUT2D eigenvalue weighted by Crippen LogP contribution is -2.74. The van der Waals surface area contributed by atoms with Crippen LogP contribution in [0.25, 0.3) is 0 Å². The van der Waals surface area contributed by atoms with E-state index in [2.05, 4.69) is 4.90 Å². The number of carbonyl (C=O) groups is 3. The quantitative estimate of drug-likeness (QED) is 0.372. The molecular weight excluding hydrogens is 454 g/mol. The Hall–Kier alpha value is -4.15. The summed E-state index contributed by atoms with van der Waals surface area (Å²) in [6, 6.07) is 10.8. The molecule has 11 nitrogen and oxygen atoms in total. The number of nitro groups is 1. The Morgan fingerprint density at radius 1 is 1.00 bits per heavy atom. The molecular formula is C24H25N5O6. The number of rotatable bonds is 3. The minimum atomic E-state index is -1.61. The van der Waals surface area contributed by atoms with Crippen LogP contribution >= 0.6 is 0 Å². The van der Waals surface area contributed by atoms with Crippen molar-refractivity contribution < 1.29 is 24.0 Å². The van der Waals surface area contributed by atoms with Gasteiger partial charge in [-0.1, -0.05) is 12.1 Å². The summed E-state index contributed by atoms with van der Waals surface area (Å²) in [7, 11) is 4.32. The summed E-state index contributed by atoms with van der Waals surface area (Å²) in [6.07, 6.45) is -0.0371. The predicted octanol–water partition coefficient (Wildman–Crippen LogP) is 1.89. The van der Waals surface area contributed by atoms with Crippen molar-refractivity contribution in [3.05, 3.63) is 58.1 Å². The fourth-order valence-electron chi connectivity index (χ4n) is 5.65. The lowest BCUT2D eigenvalue weighted by molar-refractivity contribution is -0.384. The molecule has 11 heteroatoms. The average molecular weight is 479 g/mol. The number of non-ortho nitro benzene ring substituents is 1. The second-order valence-electron chi connectivity index (χ2n) is 9.06. The molecule has 0 bridgehead atoms. The molecule has 1 spiro atoms. The number of para-hydroxylation sites is 2. The smallest absolute Gasteiger partial charge is 0.332 e. The third-order valence-corrected chi connectivity index (χ3v) is 7.37. The van der Waals surface area contributed by atoms with Gasteiger partial charge in [-0.2, -0.15) is 0 Å². The van der Waals surface area contributed by atoms with E-state index in [-0.39, 0.29) is 12.1 Å². The summed E-state index contributed by atoms with van der Waals surface area (Å²) >= 11 is 0. The highest BCUT2D eigenvalue weighted by molar-refractivity contribution is 6.20. The standard InChI is InChI=1S/C24H25N5O6/c1-25-21(30)24(22(31)26(2)23(25)32)13-15-12-16(29(33)34)8-9-17(15)28-11-10-27(14-20(24)28)18-6-4-5-7-19(18)35-3/h4-9,12,20H,10-11,13-14H2,1-3H3/t20-/m0/s1. The van der Waals surface area contributed by atoms with Crippen LogP contribution in [0.1, 0.15) is 5.56 Å². The molecule has 182 valence electrons. The Balaban J connectivity index is 1.67. The van der Waals surface area contributed by atoms with Crippen LogP contribution in [0.5, 0.6) is 5.75 Å². The number of hydrogen-bond acceptors (Lipinski definition) is 8. The third-order valence-electron chi connectivity index (χ3n) is 7.37. The first-order valence-electron chi connectivity index (χ1n) is 11.2. The fourth-order valence-corrected chi connectivity index (χ4v) is 5.65. The average Bonchev–Trinajstić information content (AvgIpc) is 2.88. The SMILES string of the molecule is COc1ccccc1N1CCN2c3ccc([N+](=O)[O-])cc3CC3(C(=O)N(C)C(=O)N(C)C3=O)[C@@H]2C1. The van der Waals surface area contributed by atoms with Crippen molar-refractivity contribution in [3.8, 4) is 5.75 Å². The first-order valence-corrected chi connectivity index (χ1v) is 11.2.